The number of para-hydroxylation sites is 2. The summed E-state index contributed by atoms with van der Waals surface area (Å²) in [5.74, 6) is 3.53. The highest BCUT2D eigenvalue weighted by atomic mass is 16.5. The zero-order chi connectivity index (χ0) is 26.7. The topological polar surface area (TPSA) is 34.8 Å². The molecule has 0 unspecified atom stereocenters. The second-order valence-corrected chi connectivity index (χ2v) is 10.8. The van der Waals surface area contributed by atoms with Gasteiger partial charge in [0.25, 0.3) is 6.71 Å². The molecule has 1 aromatic heterocycles. The molecule has 6 aromatic carbocycles. The maximum Gasteiger partial charge on any atom is 0.266 e. The molecule has 7 aromatic rings. The fraction of sp³-hybridized carbons (Fsp3) is 0. The van der Waals surface area contributed by atoms with Gasteiger partial charge in [-0.1, -0.05) is 66.7 Å². The van der Waals surface area contributed by atoms with Crippen LogP contribution >= 0.6 is 0 Å². The molecular formula is C36H20BNO3. The highest BCUT2D eigenvalue weighted by Crippen LogP contribution is 2.46. The average molecular weight is 525 g/mol. The van der Waals surface area contributed by atoms with Crippen molar-refractivity contribution in [2.45, 2.75) is 0 Å². The van der Waals surface area contributed by atoms with E-state index in [2.05, 4.69) is 95.9 Å². The van der Waals surface area contributed by atoms with E-state index in [4.69, 9.17) is 13.9 Å². The van der Waals surface area contributed by atoms with Crippen molar-refractivity contribution in [2.75, 3.05) is 4.90 Å². The van der Waals surface area contributed by atoms with Crippen molar-refractivity contribution < 1.29 is 13.9 Å². The third kappa shape index (κ3) is 2.75. The Morgan fingerprint density at radius 2 is 1.12 bits per heavy atom. The number of rotatable bonds is 2. The van der Waals surface area contributed by atoms with Gasteiger partial charge in [0.05, 0.1) is 0 Å². The Labute approximate surface area is 236 Å². The van der Waals surface area contributed by atoms with E-state index in [-0.39, 0.29) is 6.71 Å². The maximum absolute atomic E-state index is 6.48. The minimum absolute atomic E-state index is 0.0600. The molecule has 10 rings (SSSR count). The maximum atomic E-state index is 6.48. The minimum Gasteiger partial charge on any atom is -0.458 e. The summed E-state index contributed by atoms with van der Waals surface area (Å²) in [6.45, 7) is 0.0600. The summed E-state index contributed by atoms with van der Waals surface area (Å²) in [5.41, 5.74) is 10.8. The Hall–Kier alpha value is -5.42. The smallest absolute Gasteiger partial charge is 0.266 e. The molecule has 0 fully saturated rings. The van der Waals surface area contributed by atoms with Gasteiger partial charge in [-0.15, -0.1) is 0 Å². The molecule has 41 heavy (non-hydrogen) atoms. The number of benzene rings is 6. The van der Waals surface area contributed by atoms with Gasteiger partial charge in [0.15, 0.2) is 0 Å². The van der Waals surface area contributed by atoms with E-state index in [0.717, 1.165) is 78.6 Å². The van der Waals surface area contributed by atoms with Crippen LogP contribution in [0.15, 0.2) is 126 Å². The average Bonchev–Trinajstić information content (AvgIpc) is 3.40. The lowest BCUT2D eigenvalue weighted by Crippen LogP contribution is -2.61. The zero-order valence-electron chi connectivity index (χ0n) is 21.8. The predicted molar refractivity (Wildman–Crippen MR) is 165 cm³/mol. The van der Waals surface area contributed by atoms with Gasteiger partial charge < -0.3 is 18.8 Å². The number of hydrogen-bond acceptors (Lipinski definition) is 4. The molecule has 3 aliphatic heterocycles. The van der Waals surface area contributed by atoms with E-state index in [1.165, 1.54) is 10.9 Å². The van der Waals surface area contributed by atoms with Crippen LogP contribution in [0.25, 0.3) is 33.1 Å². The van der Waals surface area contributed by atoms with E-state index in [1.54, 1.807) is 0 Å². The first-order valence-corrected chi connectivity index (χ1v) is 13.9. The number of furan rings is 1. The van der Waals surface area contributed by atoms with Crippen LogP contribution in [0.1, 0.15) is 0 Å². The van der Waals surface area contributed by atoms with Crippen molar-refractivity contribution in [1.29, 1.82) is 0 Å². The van der Waals surface area contributed by atoms with Crippen molar-refractivity contribution in [3.63, 3.8) is 0 Å². The summed E-state index contributed by atoms with van der Waals surface area (Å²) in [4.78, 5) is 2.35. The van der Waals surface area contributed by atoms with Gasteiger partial charge in [0.1, 0.15) is 34.2 Å². The molecule has 0 atom stereocenters. The van der Waals surface area contributed by atoms with Crippen LogP contribution in [0.2, 0.25) is 0 Å². The summed E-state index contributed by atoms with van der Waals surface area (Å²) in [6, 6.07) is 42.2. The lowest BCUT2D eigenvalue weighted by Gasteiger charge is -2.42. The molecule has 4 heterocycles. The van der Waals surface area contributed by atoms with Crippen molar-refractivity contribution in [1.82, 2.24) is 0 Å². The van der Waals surface area contributed by atoms with Gasteiger partial charge in [-0.3, -0.25) is 0 Å². The second kappa shape index (κ2) is 7.61. The first-order valence-electron chi connectivity index (χ1n) is 13.9. The first-order chi connectivity index (χ1) is 20.3. The fourth-order valence-electron chi connectivity index (χ4n) is 7.06. The molecule has 0 spiro atoms. The minimum atomic E-state index is 0.0600. The molecule has 4 nitrogen and oxygen atoms in total. The normalized spacial score (nSPS) is 13.7. The summed E-state index contributed by atoms with van der Waals surface area (Å²) >= 11 is 0. The van der Waals surface area contributed by atoms with E-state index in [0.29, 0.717) is 0 Å². The summed E-state index contributed by atoms with van der Waals surface area (Å²) in [7, 11) is 0. The zero-order valence-corrected chi connectivity index (χ0v) is 21.8. The van der Waals surface area contributed by atoms with Gasteiger partial charge >= 0.3 is 0 Å². The Kier molecular flexibility index (Phi) is 3.98. The standard InChI is InChI=1S/C36H20BNO3/c1-2-15-28-24(10-1)25-12-4-11-23(36(25)41-28)21-8-3-9-22(20-21)38-26-13-5-16-29-33(26)37-34-27(38)14-6-17-30(34)40-32-19-7-18-31(39-29)35(32)37/h1-20H. The number of nitrogens with zero attached hydrogens (tertiary/aromatic N) is 1. The summed E-state index contributed by atoms with van der Waals surface area (Å²) < 4.78 is 19.4. The molecule has 0 aliphatic carbocycles. The number of hydrogen-bond donors (Lipinski definition) is 0. The molecular weight excluding hydrogens is 505 g/mol. The van der Waals surface area contributed by atoms with E-state index >= 15 is 0 Å². The highest BCUT2D eigenvalue weighted by Gasteiger charge is 2.47. The molecule has 0 saturated heterocycles. The largest absolute Gasteiger partial charge is 0.458 e. The summed E-state index contributed by atoms with van der Waals surface area (Å²) in [5, 5.41) is 2.26. The van der Waals surface area contributed by atoms with Crippen molar-refractivity contribution in [3.8, 4) is 34.1 Å². The molecule has 0 bridgehead atoms. The van der Waals surface area contributed by atoms with Gasteiger partial charge in [0.2, 0.25) is 0 Å². The molecule has 0 N–H and O–H groups in total. The van der Waals surface area contributed by atoms with Crippen molar-refractivity contribution in [2.24, 2.45) is 0 Å². The van der Waals surface area contributed by atoms with E-state index < -0.39 is 0 Å². The van der Waals surface area contributed by atoms with Crippen LogP contribution in [0.5, 0.6) is 23.0 Å². The number of fused-ring (bicyclic) bond motifs is 3. The Bertz CT molecular complexity index is 2180. The van der Waals surface area contributed by atoms with Crippen LogP contribution in [-0.2, 0) is 0 Å². The van der Waals surface area contributed by atoms with Crippen LogP contribution < -0.4 is 30.8 Å². The fourth-order valence-corrected chi connectivity index (χ4v) is 7.06. The van der Waals surface area contributed by atoms with Crippen LogP contribution in [0, 0.1) is 0 Å². The number of anilines is 3. The molecule has 0 radical (unpaired) electrons. The van der Waals surface area contributed by atoms with E-state index in [9.17, 15) is 0 Å². The summed E-state index contributed by atoms with van der Waals surface area (Å²) in [6.07, 6.45) is 0. The van der Waals surface area contributed by atoms with Gasteiger partial charge in [-0.25, -0.2) is 0 Å². The van der Waals surface area contributed by atoms with Gasteiger partial charge in [0, 0.05) is 38.9 Å². The highest BCUT2D eigenvalue weighted by molar-refractivity contribution is 7.00. The van der Waals surface area contributed by atoms with Crippen molar-refractivity contribution >= 4 is 62.1 Å². The number of ether oxygens (including phenoxy) is 2. The Balaban J connectivity index is 1.21. The quantitative estimate of drug-likeness (QED) is 0.216. The third-order valence-corrected chi connectivity index (χ3v) is 8.72. The van der Waals surface area contributed by atoms with Crippen LogP contribution in [0.3, 0.4) is 0 Å². The molecule has 0 saturated carbocycles. The lowest BCUT2D eigenvalue weighted by atomic mass is 9.33. The monoisotopic (exact) mass is 525 g/mol. The molecule has 0 amide bonds. The predicted octanol–water partition coefficient (Wildman–Crippen LogP) is 7.76. The van der Waals surface area contributed by atoms with Crippen LogP contribution in [-0.4, -0.2) is 6.71 Å². The first kappa shape index (κ1) is 21.4. The SMILES string of the molecule is c1cc(-c2cccc3c2oc2ccccc23)cc(N2c3cccc4c3B3c5c(cccc5Oc5cccc2c53)O4)c1. The van der Waals surface area contributed by atoms with Crippen molar-refractivity contribution in [3.05, 3.63) is 121 Å². The van der Waals surface area contributed by atoms with Gasteiger partial charge in [-0.05, 0) is 71.1 Å². The second-order valence-electron chi connectivity index (χ2n) is 10.8. The molecule has 3 aliphatic rings. The van der Waals surface area contributed by atoms with E-state index in [1.807, 2.05) is 30.3 Å². The van der Waals surface area contributed by atoms with Gasteiger partial charge in [-0.2, -0.15) is 0 Å². The van der Waals surface area contributed by atoms with Crippen LogP contribution in [0.4, 0.5) is 17.1 Å². The lowest BCUT2D eigenvalue weighted by molar-refractivity contribution is 0.464. The Morgan fingerprint density at radius 1 is 0.512 bits per heavy atom. The Morgan fingerprint density at radius 3 is 1.88 bits per heavy atom. The third-order valence-electron chi connectivity index (χ3n) is 8.72. The molecule has 190 valence electrons. The molecule has 5 heteroatoms.